The van der Waals surface area contributed by atoms with Crippen LogP contribution >= 0.6 is 0 Å². The van der Waals surface area contributed by atoms with Crippen molar-refractivity contribution in [3.63, 3.8) is 0 Å². The van der Waals surface area contributed by atoms with Crippen LogP contribution in [0.3, 0.4) is 0 Å². The summed E-state index contributed by atoms with van der Waals surface area (Å²) >= 11 is 0. The maximum absolute atomic E-state index is 8.74. The SMILES string of the molecule is O=S(=O)(O)O.[Cd].[Cd]. The van der Waals surface area contributed by atoms with E-state index in [1.54, 1.807) is 0 Å². The van der Waals surface area contributed by atoms with E-state index in [1.807, 2.05) is 0 Å². The van der Waals surface area contributed by atoms with Gasteiger partial charge in [-0.3, -0.25) is 9.11 Å². The Morgan fingerprint density at radius 2 is 1.00 bits per heavy atom. The molecule has 0 unspecified atom stereocenters. The van der Waals surface area contributed by atoms with Crippen LogP contribution < -0.4 is 0 Å². The second-order valence-electron chi connectivity index (χ2n) is 0.448. The molecule has 0 aliphatic rings. The van der Waals surface area contributed by atoms with Gasteiger partial charge in [-0.05, 0) is 0 Å². The first-order chi connectivity index (χ1) is 2.00. The Balaban J connectivity index is -0.0000000800. The van der Waals surface area contributed by atoms with Crippen LogP contribution in [-0.4, -0.2) is 17.5 Å². The summed E-state index contributed by atoms with van der Waals surface area (Å²) in [6.45, 7) is 0. The summed E-state index contributed by atoms with van der Waals surface area (Å²) in [5.74, 6) is 0. The fraction of sp³-hybridized carbons (Fsp3) is 0. The molecule has 7 heavy (non-hydrogen) atoms. The van der Waals surface area contributed by atoms with E-state index >= 15 is 0 Å². The first-order valence-electron chi connectivity index (χ1n) is 0.698. The van der Waals surface area contributed by atoms with Crippen molar-refractivity contribution in [1.29, 1.82) is 0 Å². The first kappa shape index (κ1) is 15.9. The van der Waals surface area contributed by atoms with E-state index in [1.165, 1.54) is 0 Å². The first-order valence-corrected chi connectivity index (χ1v) is 2.10. The Labute approximate surface area is 81.6 Å². The zero-order valence-corrected chi connectivity index (χ0v) is 12.4. The van der Waals surface area contributed by atoms with Crippen LogP contribution in [0.5, 0.6) is 0 Å². The van der Waals surface area contributed by atoms with Gasteiger partial charge in [0, 0.05) is 54.6 Å². The zero-order chi connectivity index (χ0) is 4.50. The number of hydrogen-bond donors (Lipinski definition) is 2. The molecule has 0 aliphatic carbocycles. The van der Waals surface area contributed by atoms with Crippen molar-refractivity contribution in [3.05, 3.63) is 0 Å². The minimum Gasteiger partial charge on any atom is -0.264 e. The molecule has 4 nitrogen and oxygen atoms in total. The van der Waals surface area contributed by atoms with Crippen LogP contribution in [-0.2, 0) is 65.0 Å². The fourth-order valence-corrected chi connectivity index (χ4v) is 0. The van der Waals surface area contributed by atoms with E-state index in [-0.39, 0.29) is 54.6 Å². The molecule has 0 heterocycles. The maximum atomic E-state index is 8.74. The van der Waals surface area contributed by atoms with Crippen LogP contribution in [0, 0.1) is 0 Å². The molecule has 36 valence electrons. The Morgan fingerprint density at radius 3 is 1.00 bits per heavy atom. The predicted octanol–water partition coefficient (Wildman–Crippen LogP) is -0.658. The molecule has 0 radical (unpaired) electrons. The van der Waals surface area contributed by atoms with Crippen molar-refractivity contribution >= 4 is 10.4 Å². The van der Waals surface area contributed by atoms with Gasteiger partial charge in [0.05, 0.1) is 0 Å². The average Bonchev–Trinajstić information content (AvgIpc) is 0.722. The van der Waals surface area contributed by atoms with E-state index in [2.05, 4.69) is 0 Å². The average molecular weight is 323 g/mol. The Morgan fingerprint density at radius 1 is 1.00 bits per heavy atom. The van der Waals surface area contributed by atoms with Gasteiger partial charge in [-0.25, -0.2) is 0 Å². The van der Waals surface area contributed by atoms with Gasteiger partial charge >= 0.3 is 10.4 Å². The maximum Gasteiger partial charge on any atom is 0.394 e. The number of rotatable bonds is 0. The Hall–Kier alpha value is 1.71. The molecule has 7 heteroatoms. The molecule has 0 bridgehead atoms. The molecule has 0 saturated carbocycles. The Bertz CT molecular complexity index is 92.9. The third kappa shape index (κ3) is 85.7. The van der Waals surface area contributed by atoms with Crippen molar-refractivity contribution in [1.82, 2.24) is 0 Å². The smallest absolute Gasteiger partial charge is 0.264 e. The van der Waals surface area contributed by atoms with E-state index in [0.29, 0.717) is 0 Å². The largest absolute Gasteiger partial charge is 0.394 e. The summed E-state index contributed by atoms with van der Waals surface area (Å²) in [5.41, 5.74) is 0. The van der Waals surface area contributed by atoms with Crippen molar-refractivity contribution in [3.8, 4) is 0 Å². The molecular formula is H2Cd2O4S. The molecule has 2 N–H and O–H groups in total. The minimum absolute atomic E-state index is 0. The van der Waals surface area contributed by atoms with Gasteiger partial charge in [0.2, 0.25) is 0 Å². The standard InChI is InChI=1S/2Cd.H2O4S/c;;1-5(2,3)4/h;;(H2,1,2,3,4). The monoisotopic (exact) mass is 326 g/mol. The molecule has 0 aromatic rings. The van der Waals surface area contributed by atoms with Crippen LogP contribution in [0.1, 0.15) is 0 Å². The van der Waals surface area contributed by atoms with Crippen LogP contribution in [0.15, 0.2) is 0 Å². The molecule has 0 fully saturated rings. The second-order valence-corrected chi connectivity index (χ2v) is 1.34. The molecule has 0 aliphatic heterocycles. The third-order valence-electron chi connectivity index (χ3n) is 0. The molecule has 0 aromatic carbocycles. The van der Waals surface area contributed by atoms with Crippen molar-refractivity contribution in [2.24, 2.45) is 0 Å². The quantitative estimate of drug-likeness (QED) is 0.459. The molecule has 0 amide bonds. The summed E-state index contributed by atoms with van der Waals surface area (Å²) in [5, 5.41) is 0. The fourth-order valence-electron chi connectivity index (χ4n) is 0. The molecule has 0 atom stereocenters. The molecule has 0 rings (SSSR count). The van der Waals surface area contributed by atoms with Crippen molar-refractivity contribution in [2.45, 2.75) is 0 Å². The molecule has 0 spiro atoms. The van der Waals surface area contributed by atoms with Gasteiger partial charge in [0.1, 0.15) is 0 Å². The number of hydrogen-bond acceptors (Lipinski definition) is 2. The van der Waals surface area contributed by atoms with E-state index in [4.69, 9.17) is 17.5 Å². The molecule has 0 aromatic heterocycles. The van der Waals surface area contributed by atoms with Crippen molar-refractivity contribution in [2.75, 3.05) is 0 Å². The van der Waals surface area contributed by atoms with Gasteiger partial charge in [0.25, 0.3) is 0 Å². The van der Waals surface area contributed by atoms with Gasteiger partial charge < -0.3 is 0 Å². The van der Waals surface area contributed by atoms with Gasteiger partial charge in [-0.2, -0.15) is 8.42 Å². The van der Waals surface area contributed by atoms with Crippen LogP contribution in [0.4, 0.5) is 0 Å². The molecular weight excluding hydrogens is 321 g/mol. The van der Waals surface area contributed by atoms with E-state index in [9.17, 15) is 0 Å². The van der Waals surface area contributed by atoms with Gasteiger partial charge in [0.15, 0.2) is 0 Å². The second kappa shape index (κ2) is 5.84. The normalized spacial score (nSPS) is 8.29. The van der Waals surface area contributed by atoms with Crippen LogP contribution in [0.2, 0.25) is 0 Å². The summed E-state index contributed by atoms with van der Waals surface area (Å²) in [7, 11) is -4.67. The predicted molar refractivity (Wildman–Crippen MR) is 14.2 cm³/mol. The van der Waals surface area contributed by atoms with Crippen LogP contribution in [0.25, 0.3) is 0 Å². The summed E-state index contributed by atoms with van der Waals surface area (Å²) in [4.78, 5) is 0. The third-order valence-corrected chi connectivity index (χ3v) is 0. The van der Waals surface area contributed by atoms with Gasteiger partial charge in [-0.15, -0.1) is 0 Å². The van der Waals surface area contributed by atoms with Crippen molar-refractivity contribution < 1.29 is 72.1 Å². The molecule has 0 saturated heterocycles. The van der Waals surface area contributed by atoms with E-state index < -0.39 is 10.4 Å². The minimum atomic E-state index is -4.67. The topological polar surface area (TPSA) is 74.6 Å². The summed E-state index contributed by atoms with van der Waals surface area (Å²) in [6.07, 6.45) is 0. The Kier molecular flexibility index (Phi) is 13.3. The zero-order valence-electron chi connectivity index (χ0n) is 3.53. The summed E-state index contributed by atoms with van der Waals surface area (Å²) < 4.78 is 31.6. The van der Waals surface area contributed by atoms with E-state index in [0.717, 1.165) is 0 Å². The summed E-state index contributed by atoms with van der Waals surface area (Å²) in [6, 6.07) is 0. The van der Waals surface area contributed by atoms with Gasteiger partial charge in [-0.1, -0.05) is 0 Å².